The predicted molar refractivity (Wildman–Crippen MR) is 111 cm³/mol. The summed E-state index contributed by atoms with van der Waals surface area (Å²) < 4.78 is 0. The second-order valence-corrected chi connectivity index (χ2v) is 7.33. The van der Waals surface area contributed by atoms with E-state index in [1.54, 1.807) is 30.3 Å². The molecule has 3 aromatic carbocycles. The first kappa shape index (κ1) is 18.1. The van der Waals surface area contributed by atoms with Gasteiger partial charge in [0, 0.05) is 6.54 Å². The summed E-state index contributed by atoms with van der Waals surface area (Å²) in [6.45, 7) is 2.09. The summed E-state index contributed by atoms with van der Waals surface area (Å²) in [5.41, 5.74) is 4.30. The van der Waals surface area contributed by atoms with Crippen molar-refractivity contribution in [3.05, 3.63) is 82.9 Å². The molecule has 0 fully saturated rings. The smallest absolute Gasteiger partial charge is 0.261 e. The van der Waals surface area contributed by atoms with Crippen molar-refractivity contribution < 1.29 is 14.7 Å². The highest BCUT2D eigenvalue weighted by Crippen LogP contribution is 2.29. The number of aromatic nitrogens is 3. The highest BCUT2D eigenvalue weighted by Gasteiger charge is 2.34. The molecule has 1 aliphatic rings. The van der Waals surface area contributed by atoms with Crippen molar-refractivity contribution in [2.45, 2.75) is 13.3 Å². The third-order valence-electron chi connectivity index (χ3n) is 5.30. The average Bonchev–Trinajstić information content (AvgIpc) is 3.28. The SMILES string of the molecule is Cc1cc(CCN2C(=O)c3ccccc3C2=O)c(O)c(-n2nc3ccccc3n2)c1. The molecule has 0 aliphatic carbocycles. The zero-order valence-corrected chi connectivity index (χ0v) is 16.2. The zero-order chi connectivity index (χ0) is 20.8. The van der Waals surface area contributed by atoms with E-state index in [1.165, 1.54) is 9.70 Å². The van der Waals surface area contributed by atoms with Crippen molar-refractivity contribution in [1.82, 2.24) is 19.9 Å². The van der Waals surface area contributed by atoms with Crippen LogP contribution in [-0.2, 0) is 6.42 Å². The third kappa shape index (κ3) is 2.83. The molecular formula is C23H18N4O3. The highest BCUT2D eigenvalue weighted by molar-refractivity contribution is 6.21. The van der Waals surface area contributed by atoms with Gasteiger partial charge in [0.2, 0.25) is 0 Å². The lowest BCUT2D eigenvalue weighted by molar-refractivity contribution is 0.0655. The fourth-order valence-corrected chi connectivity index (χ4v) is 3.82. The molecule has 5 rings (SSSR count). The Balaban J connectivity index is 1.45. The summed E-state index contributed by atoms with van der Waals surface area (Å²) in [4.78, 5) is 27.8. The molecule has 0 radical (unpaired) electrons. The van der Waals surface area contributed by atoms with Crippen LogP contribution >= 0.6 is 0 Å². The van der Waals surface area contributed by atoms with E-state index in [-0.39, 0.29) is 24.1 Å². The molecule has 0 spiro atoms. The second-order valence-electron chi connectivity index (χ2n) is 7.33. The molecule has 1 aromatic heterocycles. The maximum absolute atomic E-state index is 12.6. The minimum atomic E-state index is -0.303. The Morgan fingerprint density at radius 1 is 0.867 bits per heavy atom. The molecule has 7 nitrogen and oxygen atoms in total. The lowest BCUT2D eigenvalue weighted by atomic mass is 10.1. The van der Waals surface area contributed by atoms with Gasteiger partial charge in [-0.15, -0.1) is 15.0 Å². The van der Waals surface area contributed by atoms with E-state index in [0.29, 0.717) is 28.8 Å². The fourth-order valence-electron chi connectivity index (χ4n) is 3.82. The van der Waals surface area contributed by atoms with E-state index in [1.807, 2.05) is 37.3 Å². The molecule has 7 heteroatoms. The lowest BCUT2D eigenvalue weighted by Crippen LogP contribution is -2.31. The van der Waals surface area contributed by atoms with E-state index >= 15 is 0 Å². The second kappa shape index (κ2) is 6.81. The third-order valence-corrected chi connectivity index (χ3v) is 5.30. The van der Waals surface area contributed by atoms with Gasteiger partial charge < -0.3 is 5.11 Å². The average molecular weight is 398 g/mol. The van der Waals surface area contributed by atoms with Gasteiger partial charge in [0.15, 0.2) is 0 Å². The van der Waals surface area contributed by atoms with Crippen LogP contribution in [0.1, 0.15) is 31.8 Å². The molecule has 4 aromatic rings. The van der Waals surface area contributed by atoms with Crippen LogP contribution < -0.4 is 0 Å². The number of aryl methyl sites for hydroxylation is 1. The van der Waals surface area contributed by atoms with Crippen LogP contribution in [-0.4, -0.2) is 43.4 Å². The predicted octanol–water partition coefficient (Wildman–Crippen LogP) is 3.27. The largest absolute Gasteiger partial charge is 0.505 e. The minimum Gasteiger partial charge on any atom is -0.505 e. The van der Waals surface area contributed by atoms with Gasteiger partial charge in [-0.3, -0.25) is 14.5 Å². The number of benzene rings is 3. The van der Waals surface area contributed by atoms with Gasteiger partial charge in [0.1, 0.15) is 22.5 Å². The number of carbonyl (C=O) groups is 2. The molecule has 2 amide bonds. The Kier molecular flexibility index (Phi) is 4.10. The van der Waals surface area contributed by atoms with Crippen LogP contribution in [0, 0.1) is 6.92 Å². The first-order chi connectivity index (χ1) is 14.5. The number of hydrogen-bond donors (Lipinski definition) is 1. The van der Waals surface area contributed by atoms with Gasteiger partial charge in [0.25, 0.3) is 11.8 Å². The summed E-state index contributed by atoms with van der Waals surface area (Å²) in [5.74, 6) is -0.566. The van der Waals surface area contributed by atoms with Crippen LogP contribution in [0.4, 0.5) is 0 Å². The first-order valence-electron chi connectivity index (χ1n) is 9.63. The Hall–Kier alpha value is -4.00. The number of hydrogen-bond acceptors (Lipinski definition) is 5. The topological polar surface area (TPSA) is 88.3 Å². The van der Waals surface area contributed by atoms with Gasteiger partial charge >= 0.3 is 0 Å². The quantitative estimate of drug-likeness (QED) is 0.533. The molecule has 2 heterocycles. The van der Waals surface area contributed by atoms with Crippen molar-refractivity contribution >= 4 is 22.8 Å². The van der Waals surface area contributed by atoms with E-state index in [2.05, 4.69) is 10.2 Å². The summed E-state index contributed by atoms with van der Waals surface area (Å²) in [6, 6.07) is 17.9. The number of rotatable bonds is 4. The molecule has 0 bridgehead atoms. The normalized spacial score (nSPS) is 13.3. The molecule has 1 aliphatic heterocycles. The van der Waals surface area contributed by atoms with Crippen LogP contribution in [0.5, 0.6) is 5.75 Å². The van der Waals surface area contributed by atoms with Crippen molar-refractivity contribution in [3.8, 4) is 11.4 Å². The molecule has 0 saturated heterocycles. The van der Waals surface area contributed by atoms with E-state index in [9.17, 15) is 14.7 Å². The van der Waals surface area contributed by atoms with Crippen LogP contribution in [0.25, 0.3) is 16.7 Å². The number of aromatic hydroxyl groups is 1. The lowest BCUT2D eigenvalue weighted by Gasteiger charge is -2.16. The van der Waals surface area contributed by atoms with Gasteiger partial charge in [-0.1, -0.05) is 30.3 Å². The molecular weight excluding hydrogens is 380 g/mol. The number of amides is 2. The molecule has 1 N–H and O–H groups in total. The van der Waals surface area contributed by atoms with Crippen LogP contribution in [0.3, 0.4) is 0 Å². The number of phenolic OH excluding ortho intramolecular Hbond substituents is 1. The molecule has 0 saturated carbocycles. The Morgan fingerprint density at radius 2 is 1.43 bits per heavy atom. The number of phenols is 1. The Labute approximate surface area is 172 Å². The number of fused-ring (bicyclic) bond motifs is 2. The highest BCUT2D eigenvalue weighted by atomic mass is 16.3. The van der Waals surface area contributed by atoms with Crippen molar-refractivity contribution in [2.24, 2.45) is 0 Å². The summed E-state index contributed by atoms with van der Waals surface area (Å²) >= 11 is 0. The molecule has 148 valence electrons. The number of carbonyl (C=O) groups excluding carboxylic acids is 2. The van der Waals surface area contributed by atoms with Crippen molar-refractivity contribution in [3.63, 3.8) is 0 Å². The fraction of sp³-hybridized carbons (Fsp3) is 0.130. The van der Waals surface area contributed by atoms with Gasteiger partial charge in [-0.05, 0) is 54.8 Å². The van der Waals surface area contributed by atoms with E-state index in [0.717, 1.165) is 16.6 Å². The summed E-state index contributed by atoms with van der Waals surface area (Å²) in [7, 11) is 0. The van der Waals surface area contributed by atoms with E-state index in [4.69, 9.17) is 0 Å². The molecule has 0 atom stereocenters. The van der Waals surface area contributed by atoms with Crippen molar-refractivity contribution in [1.29, 1.82) is 0 Å². The minimum absolute atomic E-state index is 0.0394. The van der Waals surface area contributed by atoms with Crippen LogP contribution in [0.2, 0.25) is 0 Å². The van der Waals surface area contributed by atoms with Gasteiger partial charge in [-0.25, -0.2) is 0 Å². The number of imide groups is 1. The maximum atomic E-state index is 12.6. The Morgan fingerprint density at radius 3 is 2.03 bits per heavy atom. The maximum Gasteiger partial charge on any atom is 0.261 e. The van der Waals surface area contributed by atoms with Gasteiger partial charge in [0.05, 0.1) is 11.1 Å². The summed E-state index contributed by atoms with van der Waals surface area (Å²) in [5, 5.41) is 19.8. The number of nitrogens with zero attached hydrogens (tertiary/aromatic N) is 4. The van der Waals surface area contributed by atoms with E-state index < -0.39 is 0 Å². The van der Waals surface area contributed by atoms with Crippen LogP contribution in [0.15, 0.2) is 60.7 Å². The first-order valence-corrected chi connectivity index (χ1v) is 9.63. The standard InChI is InChI=1S/C23H18N4O3/c1-14-12-15(10-11-26-22(29)16-6-2-3-7-17(16)23(26)30)21(28)20(13-14)27-24-18-8-4-5-9-19(18)25-27/h2-9,12-13,28H,10-11H2,1H3. The Bertz CT molecular complexity index is 1260. The molecule has 0 unspecified atom stereocenters. The van der Waals surface area contributed by atoms with Gasteiger partial charge in [-0.2, -0.15) is 0 Å². The zero-order valence-electron chi connectivity index (χ0n) is 16.2. The molecule has 30 heavy (non-hydrogen) atoms. The monoisotopic (exact) mass is 398 g/mol. The van der Waals surface area contributed by atoms with Crippen molar-refractivity contribution in [2.75, 3.05) is 6.54 Å². The summed E-state index contributed by atoms with van der Waals surface area (Å²) in [6.07, 6.45) is 0.326.